The molecule has 0 bridgehead atoms. The maximum Gasteiger partial charge on any atom is 0.338 e. The number of ether oxygens (including phenoxy) is 1. The summed E-state index contributed by atoms with van der Waals surface area (Å²) in [5, 5.41) is 0. The van der Waals surface area contributed by atoms with Gasteiger partial charge in [0.15, 0.2) is 0 Å². The molecule has 0 spiro atoms. The second kappa shape index (κ2) is 8.03. The molecule has 0 saturated carbocycles. The number of nitrogens with zero attached hydrogens (tertiary/aromatic N) is 2. The Labute approximate surface area is 142 Å². The van der Waals surface area contributed by atoms with Crippen molar-refractivity contribution >= 4 is 16.0 Å². The van der Waals surface area contributed by atoms with Crippen LogP contribution in [0.15, 0.2) is 53.6 Å². The monoisotopic (exact) mass is 348 g/mol. The zero-order chi connectivity index (χ0) is 17.6. The Bertz CT molecular complexity index is 774. The van der Waals surface area contributed by atoms with Gasteiger partial charge < -0.3 is 4.74 Å². The average molecular weight is 348 g/mol. The lowest BCUT2D eigenvalue weighted by Gasteiger charge is -2.17. The van der Waals surface area contributed by atoms with E-state index in [2.05, 4.69) is 4.98 Å². The fraction of sp³-hybridized carbons (Fsp3) is 0.294. The van der Waals surface area contributed by atoms with E-state index in [-0.39, 0.29) is 11.5 Å². The summed E-state index contributed by atoms with van der Waals surface area (Å²) in [5.41, 5.74) is 1.16. The molecule has 1 aromatic carbocycles. The molecule has 7 heteroatoms. The summed E-state index contributed by atoms with van der Waals surface area (Å²) in [6, 6.07) is 11.3. The number of hydrogen-bond donors (Lipinski definition) is 0. The van der Waals surface area contributed by atoms with E-state index in [0.29, 0.717) is 18.5 Å². The molecule has 2 aromatic rings. The van der Waals surface area contributed by atoms with Crippen molar-refractivity contribution in [2.24, 2.45) is 0 Å². The van der Waals surface area contributed by atoms with Crippen LogP contribution in [0.3, 0.4) is 0 Å². The van der Waals surface area contributed by atoms with Crippen LogP contribution in [0.4, 0.5) is 0 Å². The number of rotatable bonds is 7. The average Bonchev–Trinajstić information content (AvgIpc) is 2.60. The summed E-state index contributed by atoms with van der Waals surface area (Å²) >= 11 is 0. The molecule has 1 aromatic heterocycles. The van der Waals surface area contributed by atoms with E-state index >= 15 is 0 Å². The zero-order valence-corrected chi connectivity index (χ0v) is 14.5. The lowest BCUT2D eigenvalue weighted by Crippen LogP contribution is -2.29. The summed E-state index contributed by atoms with van der Waals surface area (Å²) < 4.78 is 31.3. The molecular formula is C17H20N2O4S. The van der Waals surface area contributed by atoms with Gasteiger partial charge in [-0.2, -0.15) is 0 Å². The normalized spacial score (nSPS) is 11.5. The quantitative estimate of drug-likeness (QED) is 0.716. The van der Waals surface area contributed by atoms with Gasteiger partial charge in [0.1, 0.15) is 0 Å². The first-order chi connectivity index (χ1) is 11.4. The van der Waals surface area contributed by atoms with E-state index in [4.69, 9.17) is 4.74 Å². The predicted octanol–water partition coefficient (Wildman–Crippen LogP) is 2.12. The van der Waals surface area contributed by atoms with Crippen LogP contribution in [0.25, 0.3) is 0 Å². The Hall–Kier alpha value is -2.25. The molecule has 0 N–H and O–H groups in total. The van der Waals surface area contributed by atoms with Gasteiger partial charge in [-0.05, 0) is 43.3 Å². The van der Waals surface area contributed by atoms with E-state index < -0.39 is 16.0 Å². The minimum atomic E-state index is -3.61. The Balaban J connectivity index is 2.07. The Morgan fingerprint density at radius 3 is 2.46 bits per heavy atom. The van der Waals surface area contributed by atoms with Crippen molar-refractivity contribution in [1.29, 1.82) is 0 Å². The van der Waals surface area contributed by atoms with Crippen LogP contribution in [0, 0.1) is 0 Å². The summed E-state index contributed by atoms with van der Waals surface area (Å²) in [6.07, 6.45) is 2.20. The van der Waals surface area contributed by atoms with Gasteiger partial charge in [-0.25, -0.2) is 17.5 Å². The summed E-state index contributed by atoms with van der Waals surface area (Å²) in [4.78, 5) is 15.9. The summed E-state index contributed by atoms with van der Waals surface area (Å²) in [6.45, 7) is 2.31. The molecular weight excluding hydrogens is 328 g/mol. The third kappa shape index (κ3) is 4.39. The van der Waals surface area contributed by atoms with E-state index in [1.165, 1.54) is 35.6 Å². The van der Waals surface area contributed by atoms with Crippen molar-refractivity contribution in [1.82, 2.24) is 9.29 Å². The van der Waals surface area contributed by atoms with Crippen molar-refractivity contribution in [3.05, 3.63) is 59.9 Å². The second-order valence-corrected chi connectivity index (χ2v) is 7.19. The van der Waals surface area contributed by atoms with E-state index in [9.17, 15) is 13.2 Å². The Kier molecular flexibility index (Phi) is 6.05. The van der Waals surface area contributed by atoms with Gasteiger partial charge in [0, 0.05) is 31.9 Å². The number of aromatic nitrogens is 1. The van der Waals surface area contributed by atoms with Crippen molar-refractivity contribution in [3.8, 4) is 0 Å². The topological polar surface area (TPSA) is 76.6 Å². The Morgan fingerprint density at radius 2 is 1.88 bits per heavy atom. The lowest BCUT2D eigenvalue weighted by molar-refractivity contribution is 0.0526. The highest BCUT2D eigenvalue weighted by Crippen LogP contribution is 2.16. The van der Waals surface area contributed by atoms with Gasteiger partial charge in [0.05, 0.1) is 17.1 Å². The van der Waals surface area contributed by atoms with Crippen molar-refractivity contribution in [2.75, 3.05) is 20.2 Å². The van der Waals surface area contributed by atoms with Crippen LogP contribution in [0.1, 0.15) is 23.0 Å². The van der Waals surface area contributed by atoms with Gasteiger partial charge in [-0.15, -0.1) is 0 Å². The summed E-state index contributed by atoms with van der Waals surface area (Å²) in [7, 11) is -2.09. The number of benzene rings is 1. The minimum absolute atomic E-state index is 0.138. The van der Waals surface area contributed by atoms with Crippen molar-refractivity contribution < 1.29 is 17.9 Å². The predicted molar refractivity (Wildman–Crippen MR) is 90.2 cm³/mol. The molecule has 1 heterocycles. The largest absolute Gasteiger partial charge is 0.462 e. The third-order valence-electron chi connectivity index (χ3n) is 3.48. The fourth-order valence-corrected chi connectivity index (χ4v) is 3.27. The number of sulfonamides is 1. The molecule has 128 valence electrons. The first kappa shape index (κ1) is 18.1. The minimum Gasteiger partial charge on any atom is -0.462 e. The molecule has 6 nitrogen and oxygen atoms in total. The molecule has 0 unspecified atom stereocenters. The van der Waals surface area contributed by atoms with Crippen LogP contribution in [-0.4, -0.2) is 43.9 Å². The number of esters is 1. The van der Waals surface area contributed by atoms with Crippen LogP contribution in [0.5, 0.6) is 0 Å². The van der Waals surface area contributed by atoms with Crippen molar-refractivity contribution in [2.45, 2.75) is 18.2 Å². The Morgan fingerprint density at radius 1 is 1.17 bits per heavy atom. The first-order valence-electron chi connectivity index (χ1n) is 7.58. The maximum atomic E-state index is 12.5. The van der Waals surface area contributed by atoms with Crippen LogP contribution >= 0.6 is 0 Å². The highest BCUT2D eigenvalue weighted by Gasteiger charge is 2.21. The van der Waals surface area contributed by atoms with Gasteiger partial charge in [0.25, 0.3) is 0 Å². The van der Waals surface area contributed by atoms with Crippen LogP contribution in [0.2, 0.25) is 0 Å². The number of pyridine rings is 1. The second-order valence-electron chi connectivity index (χ2n) is 5.14. The standard InChI is InChI=1S/C17H20N2O4S/c1-3-23-17(20)14-7-9-16(10-8-14)24(21,22)19(2)13-11-15-6-4-5-12-18-15/h4-10,12H,3,11,13H2,1-2H3. The number of carbonyl (C=O) groups excluding carboxylic acids is 1. The molecule has 0 aliphatic carbocycles. The molecule has 0 aliphatic heterocycles. The van der Waals surface area contributed by atoms with E-state index in [1.807, 2.05) is 18.2 Å². The number of hydrogen-bond acceptors (Lipinski definition) is 5. The van der Waals surface area contributed by atoms with E-state index in [0.717, 1.165) is 5.69 Å². The molecule has 0 atom stereocenters. The molecule has 24 heavy (non-hydrogen) atoms. The van der Waals surface area contributed by atoms with Crippen molar-refractivity contribution in [3.63, 3.8) is 0 Å². The number of likely N-dealkylation sites (N-methyl/N-ethyl adjacent to an activating group) is 1. The smallest absolute Gasteiger partial charge is 0.338 e. The number of carbonyl (C=O) groups is 1. The molecule has 0 fully saturated rings. The SMILES string of the molecule is CCOC(=O)c1ccc(S(=O)(=O)N(C)CCc2ccccn2)cc1. The highest BCUT2D eigenvalue weighted by molar-refractivity contribution is 7.89. The van der Waals surface area contributed by atoms with Crippen LogP contribution in [-0.2, 0) is 21.2 Å². The molecule has 0 saturated heterocycles. The lowest BCUT2D eigenvalue weighted by atomic mass is 10.2. The third-order valence-corrected chi connectivity index (χ3v) is 5.35. The molecule has 0 aliphatic rings. The maximum absolute atomic E-state index is 12.5. The van der Waals surface area contributed by atoms with Gasteiger partial charge in [-0.3, -0.25) is 4.98 Å². The molecule has 0 radical (unpaired) electrons. The van der Waals surface area contributed by atoms with Gasteiger partial charge in [-0.1, -0.05) is 6.07 Å². The highest BCUT2D eigenvalue weighted by atomic mass is 32.2. The molecule has 0 amide bonds. The van der Waals surface area contributed by atoms with E-state index in [1.54, 1.807) is 13.1 Å². The first-order valence-corrected chi connectivity index (χ1v) is 9.02. The zero-order valence-electron chi connectivity index (χ0n) is 13.7. The van der Waals surface area contributed by atoms with Gasteiger partial charge >= 0.3 is 5.97 Å². The van der Waals surface area contributed by atoms with Gasteiger partial charge in [0.2, 0.25) is 10.0 Å². The summed E-state index contributed by atoms with van der Waals surface area (Å²) in [5.74, 6) is -0.468. The fourth-order valence-electron chi connectivity index (χ4n) is 2.10. The molecule has 2 rings (SSSR count). The van der Waals surface area contributed by atoms with Crippen LogP contribution < -0.4 is 0 Å².